The van der Waals surface area contributed by atoms with E-state index in [0.717, 1.165) is 42.6 Å². The average Bonchev–Trinajstić information content (AvgIpc) is 3.63. The minimum Gasteiger partial charge on any atom is -0.494 e. The molecule has 2 atom stereocenters. The topological polar surface area (TPSA) is 83.4 Å². The first kappa shape index (κ1) is 26.7. The molecule has 7 nitrogen and oxygen atoms in total. The van der Waals surface area contributed by atoms with Crippen molar-refractivity contribution < 1.29 is 19.4 Å². The second-order valence-electron chi connectivity index (χ2n) is 9.85. The van der Waals surface area contributed by atoms with Gasteiger partial charge >= 0.3 is 0 Å². The molecule has 5 rings (SSSR count). The normalized spacial score (nSPS) is 21.1. The lowest BCUT2D eigenvalue weighted by Crippen LogP contribution is -2.53. The zero-order chi connectivity index (χ0) is 26.9. The molecular weight excluding hydrogens is 490 g/mol. The summed E-state index contributed by atoms with van der Waals surface area (Å²) in [5.74, 6) is 0.958. The fraction of sp³-hybridized carbons (Fsp3) is 0.312. The molecular formula is C32H35N3O4. The highest BCUT2D eigenvalue weighted by Crippen LogP contribution is 2.43. The van der Waals surface area contributed by atoms with Crippen molar-refractivity contribution in [2.45, 2.75) is 37.3 Å². The van der Waals surface area contributed by atoms with Gasteiger partial charge in [0.2, 0.25) is 5.90 Å². The lowest BCUT2D eigenvalue weighted by Gasteiger charge is -2.31. The van der Waals surface area contributed by atoms with Crippen molar-refractivity contribution in [3.63, 3.8) is 0 Å². The maximum absolute atomic E-state index is 14.1. The van der Waals surface area contributed by atoms with Gasteiger partial charge in [-0.15, -0.1) is 0 Å². The minimum absolute atomic E-state index is 0.0872. The van der Waals surface area contributed by atoms with Gasteiger partial charge in [-0.25, -0.2) is 10.0 Å². The van der Waals surface area contributed by atoms with Crippen LogP contribution in [0.3, 0.4) is 0 Å². The van der Waals surface area contributed by atoms with Crippen LogP contribution >= 0.6 is 0 Å². The molecule has 2 aliphatic heterocycles. The Hall–Kier alpha value is -3.94. The number of amides is 1. The van der Waals surface area contributed by atoms with E-state index in [1.165, 1.54) is 0 Å². The van der Waals surface area contributed by atoms with E-state index in [1.54, 1.807) is 0 Å². The van der Waals surface area contributed by atoms with Crippen molar-refractivity contribution in [1.29, 1.82) is 0 Å². The van der Waals surface area contributed by atoms with E-state index in [-0.39, 0.29) is 12.5 Å². The van der Waals surface area contributed by atoms with Crippen LogP contribution in [0.5, 0.6) is 5.75 Å². The van der Waals surface area contributed by atoms with Crippen LogP contribution in [0, 0.1) is 0 Å². The number of hydrogen-bond donors (Lipinski definition) is 2. The maximum atomic E-state index is 14.1. The van der Waals surface area contributed by atoms with Crippen molar-refractivity contribution in [3.8, 4) is 5.75 Å². The van der Waals surface area contributed by atoms with E-state index in [0.29, 0.717) is 31.1 Å². The third kappa shape index (κ3) is 6.38. The molecule has 202 valence electrons. The van der Waals surface area contributed by atoms with E-state index in [1.807, 2.05) is 102 Å². The Morgan fingerprint density at radius 2 is 1.72 bits per heavy atom. The van der Waals surface area contributed by atoms with Crippen LogP contribution in [0.1, 0.15) is 48.5 Å². The molecule has 7 heteroatoms. The van der Waals surface area contributed by atoms with Crippen molar-refractivity contribution in [2.75, 3.05) is 26.3 Å². The van der Waals surface area contributed by atoms with Gasteiger partial charge < -0.3 is 14.6 Å². The summed E-state index contributed by atoms with van der Waals surface area (Å²) in [5.41, 5.74) is 4.68. The average molecular weight is 526 g/mol. The number of rotatable bonds is 11. The van der Waals surface area contributed by atoms with E-state index in [9.17, 15) is 4.79 Å². The molecule has 0 unspecified atom stereocenters. The van der Waals surface area contributed by atoms with Gasteiger partial charge in [0.05, 0.1) is 6.61 Å². The van der Waals surface area contributed by atoms with E-state index >= 15 is 0 Å². The zero-order valence-corrected chi connectivity index (χ0v) is 22.0. The Morgan fingerprint density at radius 3 is 2.41 bits per heavy atom. The Kier molecular flexibility index (Phi) is 8.71. The number of carbonyl (C=O) groups is 1. The van der Waals surface area contributed by atoms with Gasteiger partial charge in [-0.3, -0.25) is 10.2 Å². The second-order valence-corrected chi connectivity index (χ2v) is 9.85. The molecule has 39 heavy (non-hydrogen) atoms. The van der Waals surface area contributed by atoms with Gasteiger partial charge in [-0.05, 0) is 48.2 Å². The third-order valence-electron chi connectivity index (χ3n) is 7.04. The molecule has 0 aromatic heterocycles. The molecule has 0 spiro atoms. The molecule has 2 heterocycles. The summed E-state index contributed by atoms with van der Waals surface area (Å²) in [4.78, 5) is 19.2. The fourth-order valence-electron chi connectivity index (χ4n) is 4.95. The molecule has 3 aromatic rings. The van der Waals surface area contributed by atoms with Crippen LogP contribution in [0.4, 0.5) is 0 Å². The van der Waals surface area contributed by atoms with Crippen molar-refractivity contribution >= 4 is 17.9 Å². The van der Waals surface area contributed by atoms with Crippen LogP contribution in [0.2, 0.25) is 0 Å². The molecule has 0 saturated carbocycles. The Balaban J connectivity index is 1.50. The molecule has 0 aliphatic carbocycles. The molecule has 0 radical (unpaired) electrons. The molecule has 2 aliphatic rings. The fourth-order valence-corrected chi connectivity index (χ4v) is 4.95. The maximum Gasteiger partial charge on any atom is 0.266 e. The predicted molar refractivity (Wildman–Crippen MR) is 152 cm³/mol. The Morgan fingerprint density at radius 1 is 1.03 bits per heavy atom. The first-order chi connectivity index (χ1) is 19.2. The number of hydrazine groups is 1. The number of ether oxygens (including phenoxy) is 2. The Bertz CT molecular complexity index is 1270. The van der Waals surface area contributed by atoms with Gasteiger partial charge in [0.15, 0.2) is 11.6 Å². The number of aliphatic hydroxyl groups is 1. The van der Waals surface area contributed by atoms with Crippen LogP contribution in [-0.2, 0) is 9.53 Å². The molecule has 3 aromatic carbocycles. The van der Waals surface area contributed by atoms with Crippen molar-refractivity contribution in [2.24, 2.45) is 4.99 Å². The van der Waals surface area contributed by atoms with Gasteiger partial charge in [-0.2, -0.15) is 0 Å². The van der Waals surface area contributed by atoms with E-state index in [2.05, 4.69) is 5.43 Å². The van der Waals surface area contributed by atoms with E-state index in [4.69, 9.17) is 19.6 Å². The van der Waals surface area contributed by atoms with E-state index < -0.39 is 11.6 Å². The summed E-state index contributed by atoms with van der Waals surface area (Å²) in [6, 6.07) is 27.4. The summed E-state index contributed by atoms with van der Waals surface area (Å²) in [6.07, 6.45) is 6.50. The highest BCUT2D eigenvalue weighted by molar-refractivity contribution is 6.01. The van der Waals surface area contributed by atoms with Gasteiger partial charge in [0.1, 0.15) is 5.75 Å². The van der Waals surface area contributed by atoms with Gasteiger partial charge in [0, 0.05) is 38.1 Å². The first-order valence-corrected chi connectivity index (χ1v) is 13.6. The smallest absolute Gasteiger partial charge is 0.266 e. The molecule has 0 bridgehead atoms. The summed E-state index contributed by atoms with van der Waals surface area (Å²) in [6.45, 7) is 2.18. The molecule has 1 fully saturated rings. The quantitative estimate of drug-likeness (QED) is 0.347. The zero-order valence-electron chi connectivity index (χ0n) is 22.0. The lowest BCUT2D eigenvalue weighted by atomic mass is 9.84. The van der Waals surface area contributed by atoms with Crippen LogP contribution in [0.25, 0.3) is 6.08 Å². The molecule has 1 amide bonds. The molecule has 2 N–H and O–H groups in total. The molecule has 1 saturated heterocycles. The second kappa shape index (κ2) is 12.7. The summed E-state index contributed by atoms with van der Waals surface area (Å²) >= 11 is 0. The highest BCUT2D eigenvalue weighted by Gasteiger charge is 2.53. The SMILES string of the molecule is O=C(NN1CCCC1)[C@@]1(C/C=C/c2ccccc2)N=C(c2ccc(OCCCO)cc2)O[C@H]1c1ccccc1. The number of aliphatic hydroxyl groups excluding tert-OH is 1. The van der Waals surface area contributed by atoms with Gasteiger partial charge in [-0.1, -0.05) is 72.8 Å². The highest BCUT2D eigenvalue weighted by atomic mass is 16.5. The third-order valence-corrected chi connectivity index (χ3v) is 7.04. The summed E-state index contributed by atoms with van der Waals surface area (Å²) in [7, 11) is 0. The predicted octanol–water partition coefficient (Wildman–Crippen LogP) is 4.94. The monoisotopic (exact) mass is 525 g/mol. The number of aliphatic imine (C=N–C) groups is 1. The van der Waals surface area contributed by atoms with Crippen molar-refractivity contribution in [3.05, 3.63) is 108 Å². The van der Waals surface area contributed by atoms with Gasteiger partial charge in [0.25, 0.3) is 5.91 Å². The Labute approximate surface area is 229 Å². The van der Waals surface area contributed by atoms with Crippen LogP contribution in [0.15, 0.2) is 96.0 Å². The number of nitrogens with zero attached hydrogens (tertiary/aromatic N) is 2. The number of benzene rings is 3. The number of carbonyl (C=O) groups excluding carboxylic acids is 1. The minimum atomic E-state index is -1.19. The lowest BCUT2D eigenvalue weighted by molar-refractivity contribution is -0.133. The first-order valence-electron chi connectivity index (χ1n) is 13.6. The summed E-state index contributed by atoms with van der Waals surface area (Å²) < 4.78 is 12.2. The van der Waals surface area contributed by atoms with Crippen LogP contribution < -0.4 is 10.2 Å². The van der Waals surface area contributed by atoms with Crippen molar-refractivity contribution in [1.82, 2.24) is 10.4 Å². The largest absolute Gasteiger partial charge is 0.494 e. The number of nitrogens with one attached hydrogen (secondary N) is 1. The number of hydrogen-bond acceptors (Lipinski definition) is 6. The van der Waals surface area contributed by atoms with Crippen LogP contribution in [-0.4, -0.2) is 53.8 Å². The standard InChI is InChI=1S/C32H35N3O4/c36-23-10-24-38-28-18-16-27(17-19-28)30-33-32(31(37)34-35-21-7-8-22-35,20-9-13-25-11-3-1-4-12-25)29(39-30)26-14-5-2-6-15-26/h1-6,9,11-19,29,36H,7-8,10,20-24H2,(H,34,37)/b13-9+/t29-,32-/m0/s1. The summed E-state index contributed by atoms with van der Waals surface area (Å²) in [5, 5.41) is 11.0.